The maximum Gasteiger partial charge on any atom is 0.411 e. The molecule has 118 valence electrons. The van der Waals surface area contributed by atoms with E-state index in [1.807, 2.05) is 0 Å². The molecule has 3 rings (SSSR count). The molecule has 2 aromatic carbocycles. The largest absolute Gasteiger partial charge is 0.484 e. The average Bonchev–Trinajstić information content (AvgIpc) is 2.96. The SMILES string of the molecule is COC(=O)Nc1ccc(OCc2nc3cc(F)ccc3o2)cc1. The van der Waals surface area contributed by atoms with Gasteiger partial charge in [0, 0.05) is 11.8 Å². The monoisotopic (exact) mass is 316 g/mol. The van der Waals surface area contributed by atoms with Gasteiger partial charge >= 0.3 is 6.09 Å². The van der Waals surface area contributed by atoms with Crippen LogP contribution in [-0.4, -0.2) is 18.2 Å². The van der Waals surface area contributed by atoms with Crippen molar-refractivity contribution in [3.05, 3.63) is 54.2 Å². The minimum atomic E-state index is -0.544. The first kappa shape index (κ1) is 14.8. The van der Waals surface area contributed by atoms with Crippen LogP contribution in [0.15, 0.2) is 46.9 Å². The summed E-state index contributed by atoms with van der Waals surface area (Å²) in [6.07, 6.45) is -0.544. The summed E-state index contributed by atoms with van der Waals surface area (Å²) in [6, 6.07) is 10.9. The number of methoxy groups -OCH3 is 1. The average molecular weight is 316 g/mol. The van der Waals surface area contributed by atoms with Crippen LogP contribution >= 0.6 is 0 Å². The summed E-state index contributed by atoms with van der Waals surface area (Å²) in [5.74, 6) is 0.558. The number of anilines is 1. The van der Waals surface area contributed by atoms with E-state index in [9.17, 15) is 9.18 Å². The van der Waals surface area contributed by atoms with Crippen molar-refractivity contribution in [3.8, 4) is 5.75 Å². The molecule has 6 nitrogen and oxygen atoms in total. The maximum atomic E-state index is 13.1. The third-order valence-corrected chi connectivity index (χ3v) is 3.04. The van der Waals surface area contributed by atoms with E-state index in [1.54, 1.807) is 24.3 Å². The molecule has 0 bridgehead atoms. The highest BCUT2D eigenvalue weighted by molar-refractivity contribution is 5.84. The fourth-order valence-electron chi connectivity index (χ4n) is 1.96. The Morgan fingerprint density at radius 1 is 1.26 bits per heavy atom. The third-order valence-electron chi connectivity index (χ3n) is 3.04. The summed E-state index contributed by atoms with van der Waals surface area (Å²) < 4.78 is 28.6. The number of amides is 1. The van der Waals surface area contributed by atoms with Crippen LogP contribution in [0.3, 0.4) is 0 Å². The highest BCUT2D eigenvalue weighted by atomic mass is 19.1. The van der Waals surface area contributed by atoms with Crippen molar-refractivity contribution in [1.29, 1.82) is 0 Å². The lowest BCUT2D eigenvalue weighted by molar-refractivity contribution is 0.187. The van der Waals surface area contributed by atoms with Gasteiger partial charge in [0.25, 0.3) is 0 Å². The molecule has 0 radical (unpaired) electrons. The second kappa shape index (κ2) is 6.35. The van der Waals surface area contributed by atoms with E-state index >= 15 is 0 Å². The Balaban J connectivity index is 1.63. The molecule has 3 aromatic rings. The normalized spacial score (nSPS) is 10.5. The van der Waals surface area contributed by atoms with Crippen LogP contribution in [0.4, 0.5) is 14.9 Å². The molecular formula is C16H13FN2O4. The molecule has 0 fully saturated rings. The van der Waals surface area contributed by atoms with E-state index in [-0.39, 0.29) is 12.4 Å². The first-order valence-electron chi connectivity index (χ1n) is 6.77. The summed E-state index contributed by atoms with van der Waals surface area (Å²) in [5.41, 5.74) is 1.53. The highest BCUT2D eigenvalue weighted by Gasteiger charge is 2.07. The van der Waals surface area contributed by atoms with E-state index < -0.39 is 6.09 Å². The van der Waals surface area contributed by atoms with Gasteiger partial charge in [-0.15, -0.1) is 0 Å². The lowest BCUT2D eigenvalue weighted by Crippen LogP contribution is -2.10. The zero-order valence-electron chi connectivity index (χ0n) is 12.2. The molecule has 1 heterocycles. The first-order chi connectivity index (χ1) is 11.1. The number of aromatic nitrogens is 1. The Kier molecular flexibility index (Phi) is 4.09. The van der Waals surface area contributed by atoms with Gasteiger partial charge in [-0.3, -0.25) is 5.32 Å². The fraction of sp³-hybridized carbons (Fsp3) is 0.125. The number of carbonyl (C=O) groups excluding carboxylic acids is 1. The van der Waals surface area contributed by atoms with Gasteiger partial charge in [0.05, 0.1) is 7.11 Å². The van der Waals surface area contributed by atoms with E-state index in [1.165, 1.54) is 25.3 Å². The first-order valence-corrected chi connectivity index (χ1v) is 6.77. The van der Waals surface area contributed by atoms with Gasteiger partial charge in [-0.2, -0.15) is 0 Å². The predicted molar refractivity (Wildman–Crippen MR) is 80.8 cm³/mol. The van der Waals surface area contributed by atoms with Crippen molar-refractivity contribution in [2.75, 3.05) is 12.4 Å². The van der Waals surface area contributed by atoms with E-state index in [4.69, 9.17) is 9.15 Å². The third kappa shape index (κ3) is 3.57. The fourth-order valence-corrected chi connectivity index (χ4v) is 1.96. The molecule has 0 saturated heterocycles. The molecule has 0 saturated carbocycles. The quantitative estimate of drug-likeness (QED) is 0.794. The number of carbonyl (C=O) groups is 1. The van der Waals surface area contributed by atoms with Crippen LogP contribution < -0.4 is 10.1 Å². The second-order valence-corrected chi connectivity index (χ2v) is 4.65. The van der Waals surface area contributed by atoms with E-state index in [0.29, 0.717) is 28.4 Å². The van der Waals surface area contributed by atoms with Crippen molar-refractivity contribution in [2.24, 2.45) is 0 Å². The number of halogens is 1. The Bertz CT molecular complexity index is 830. The summed E-state index contributed by atoms with van der Waals surface area (Å²) in [7, 11) is 1.29. The van der Waals surface area contributed by atoms with Gasteiger partial charge in [-0.05, 0) is 36.4 Å². The van der Waals surface area contributed by atoms with Crippen LogP contribution in [0.5, 0.6) is 5.75 Å². The summed E-state index contributed by atoms with van der Waals surface area (Å²) in [6.45, 7) is 0.111. The molecule has 23 heavy (non-hydrogen) atoms. The molecule has 0 atom stereocenters. The second-order valence-electron chi connectivity index (χ2n) is 4.65. The molecule has 1 amide bonds. The van der Waals surface area contributed by atoms with Gasteiger partial charge in [0.1, 0.15) is 17.1 Å². The molecule has 1 N–H and O–H groups in total. The van der Waals surface area contributed by atoms with Crippen LogP contribution in [-0.2, 0) is 11.3 Å². The number of rotatable bonds is 4. The minimum absolute atomic E-state index is 0.111. The Hall–Kier alpha value is -3.09. The lowest BCUT2D eigenvalue weighted by atomic mass is 10.3. The van der Waals surface area contributed by atoms with Crippen molar-refractivity contribution < 1.29 is 23.1 Å². The van der Waals surface area contributed by atoms with Crippen molar-refractivity contribution in [2.45, 2.75) is 6.61 Å². The maximum absolute atomic E-state index is 13.1. The molecule has 0 aliphatic heterocycles. The summed E-state index contributed by atoms with van der Waals surface area (Å²) in [5, 5.41) is 2.53. The van der Waals surface area contributed by atoms with E-state index in [2.05, 4.69) is 15.0 Å². The van der Waals surface area contributed by atoms with Gasteiger partial charge in [0.2, 0.25) is 5.89 Å². The van der Waals surface area contributed by atoms with Gasteiger partial charge in [0.15, 0.2) is 12.2 Å². The van der Waals surface area contributed by atoms with E-state index in [0.717, 1.165) is 0 Å². The summed E-state index contributed by atoms with van der Waals surface area (Å²) in [4.78, 5) is 15.2. The van der Waals surface area contributed by atoms with Crippen molar-refractivity contribution in [1.82, 2.24) is 4.98 Å². The molecule has 0 spiro atoms. The Morgan fingerprint density at radius 2 is 2.04 bits per heavy atom. The molecule has 0 aliphatic rings. The number of ether oxygens (including phenoxy) is 2. The Morgan fingerprint density at radius 3 is 2.78 bits per heavy atom. The summed E-state index contributed by atoms with van der Waals surface area (Å²) >= 11 is 0. The highest BCUT2D eigenvalue weighted by Crippen LogP contribution is 2.20. The van der Waals surface area contributed by atoms with Crippen LogP contribution in [0, 0.1) is 5.82 Å². The molecule has 0 unspecified atom stereocenters. The van der Waals surface area contributed by atoms with Gasteiger partial charge in [-0.25, -0.2) is 14.2 Å². The van der Waals surface area contributed by atoms with Gasteiger partial charge < -0.3 is 13.9 Å². The minimum Gasteiger partial charge on any atom is -0.484 e. The molecule has 1 aromatic heterocycles. The Labute approximate surface area is 130 Å². The van der Waals surface area contributed by atoms with Crippen molar-refractivity contribution >= 4 is 22.9 Å². The topological polar surface area (TPSA) is 73.6 Å². The lowest BCUT2D eigenvalue weighted by Gasteiger charge is -2.06. The number of nitrogens with one attached hydrogen (secondary N) is 1. The van der Waals surface area contributed by atoms with Crippen molar-refractivity contribution in [3.63, 3.8) is 0 Å². The van der Waals surface area contributed by atoms with Crippen LogP contribution in [0.1, 0.15) is 5.89 Å². The number of hydrogen-bond acceptors (Lipinski definition) is 5. The predicted octanol–water partition coefficient (Wildman–Crippen LogP) is 3.72. The number of nitrogens with zero attached hydrogens (tertiary/aromatic N) is 1. The number of hydrogen-bond donors (Lipinski definition) is 1. The molecule has 0 aliphatic carbocycles. The smallest absolute Gasteiger partial charge is 0.411 e. The number of oxazole rings is 1. The van der Waals surface area contributed by atoms with Crippen LogP contribution in [0.25, 0.3) is 11.1 Å². The molecule has 7 heteroatoms. The zero-order chi connectivity index (χ0) is 16.2. The van der Waals surface area contributed by atoms with Crippen LogP contribution in [0.2, 0.25) is 0 Å². The number of fused-ring (bicyclic) bond motifs is 1. The standard InChI is InChI=1S/C16H13FN2O4/c1-21-16(20)18-11-3-5-12(6-4-11)22-9-15-19-13-8-10(17)2-7-14(13)23-15/h2-8H,9H2,1H3,(H,18,20). The zero-order valence-corrected chi connectivity index (χ0v) is 12.2. The number of benzene rings is 2. The van der Waals surface area contributed by atoms with Gasteiger partial charge in [-0.1, -0.05) is 0 Å². The molecular weight excluding hydrogens is 303 g/mol.